The van der Waals surface area contributed by atoms with Crippen LogP contribution in [0.15, 0.2) is 0 Å². The first kappa shape index (κ1) is 16.9. The summed E-state index contributed by atoms with van der Waals surface area (Å²) in [5.74, 6) is -0.194. The first-order chi connectivity index (χ1) is 9.33. The molecular weight excluding hydrogens is 282 g/mol. The highest BCUT2D eigenvalue weighted by Crippen LogP contribution is 2.18. The van der Waals surface area contributed by atoms with Gasteiger partial charge < -0.3 is 15.2 Å². The van der Waals surface area contributed by atoms with Gasteiger partial charge in [-0.3, -0.25) is 9.48 Å². The van der Waals surface area contributed by atoms with Gasteiger partial charge in [-0.25, -0.2) is 0 Å². The van der Waals surface area contributed by atoms with Gasteiger partial charge in [0.1, 0.15) is 6.54 Å². The van der Waals surface area contributed by atoms with Crippen LogP contribution in [0.2, 0.25) is 5.02 Å². The van der Waals surface area contributed by atoms with Crippen LogP contribution in [-0.2, 0) is 16.1 Å². The number of carbonyl (C=O) groups excluding carboxylic acids is 1. The van der Waals surface area contributed by atoms with E-state index in [1.165, 1.54) is 0 Å². The summed E-state index contributed by atoms with van der Waals surface area (Å²) in [4.78, 5) is 12.1. The van der Waals surface area contributed by atoms with Gasteiger partial charge in [-0.2, -0.15) is 5.10 Å². The Morgan fingerprint density at radius 1 is 1.55 bits per heavy atom. The average molecular weight is 304 g/mol. The number of hydrogen-bond donors (Lipinski definition) is 2. The van der Waals surface area contributed by atoms with E-state index in [1.54, 1.807) is 18.7 Å². The Kier molecular flexibility index (Phi) is 5.98. The van der Waals surface area contributed by atoms with E-state index in [0.29, 0.717) is 23.7 Å². The van der Waals surface area contributed by atoms with Crippen molar-refractivity contribution in [3.05, 3.63) is 16.4 Å². The molecule has 1 heterocycles. The lowest BCUT2D eigenvalue weighted by Crippen LogP contribution is -2.51. The number of aryl methyl sites for hydroxylation is 1. The molecule has 0 radical (unpaired) electrons. The van der Waals surface area contributed by atoms with Crippen molar-refractivity contribution in [3.63, 3.8) is 0 Å². The summed E-state index contributed by atoms with van der Waals surface area (Å²) in [5.41, 5.74) is 0.863. The van der Waals surface area contributed by atoms with E-state index >= 15 is 0 Å². The molecule has 0 fully saturated rings. The third-order valence-corrected chi connectivity index (χ3v) is 3.70. The standard InChI is InChI=1S/C13H22ClN3O3/c1-9-12(14)10(2)17(16-9)7-11(19)15-13(3,5-6-18)8-20-4/h18H,5-8H2,1-4H3,(H,15,19). The largest absolute Gasteiger partial charge is 0.396 e. The topological polar surface area (TPSA) is 76.4 Å². The summed E-state index contributed by atoms with van der Waals surface area (Å²) in [6, 6.07) is 0. The smallest absolute Gasteiger partial charge is 0.242 e. The third-order valence-electron chi connectivity index (χ3n) is 3.15. The number of aromatic nitrogens is 2. The normalized spacial score (nSPS) is 14.1. The Morgan fingerprint density at radius 3 is 2.65 bits per heavy atom. The number of rotatable bonds is 7. The summed E-state index contributed by atoms with van der Waals surface area (Å²) >= 11 is 6.05. The van der Waals surface area contributed by atoms with Gasteiger partial charge in [-0.1, -0.05) is 11.6 Å². The average Bonchev–Trinajstić information content (AvgIpc) is 2.57. The number of methoxy groups -OCH3 is 1. The first-order valence-corrected chi connectivity index (χ1v) is 6.81. The summed E-state index contributed by atoms with van der Waals surface area (Å²) < 4.78 is 6.66. The maximum absolute atomic E-state index is 12.1. The summed E-state index contributed by atoms with van der Waals surface area (Å²) in [6.07, 6.45) is 0.421. The molecule has 1 rings (SSSR count). The van der Waals surface area contributed by atoms with Crippen LogP contribution in [0.25, 0.3) is 0 Å². The van der Waals surface area contributed by atoms with E-state index in [-0.39, 0.29) is 19.1 Å². The summed E-state index contributed by atoms with van der Waals surface area (Å²) in [6.45, 7) is 5.84. The quantitative estimate of drug-likeness (QED) is 0.789. The molecule has 1 unspecified atom stereocenters. The van der Waals surface area contributed by atoms with Crippen molar-refractivity contribution < 1.29 is 14.6 Å². The Hall–Kier alpha value is -1.11. The van der Waals surface area contributed by atoms with Crippen molar-refractivity contribution in [3.8, 4) is 0 Å². The molecule has 20 heavy (non-hydrogen) atoms. The predicted molar refractivity (Wildman–Crippen MR) is 76.8 cm³/mol. The van der Waals surface area contributed by atoms with Crippen LogP contribution in [0.4, 0.5) is 0 Å². The summed E-state index contributed by atoms with van der Waals surface area (Å²) in [5, 5.41) is 16.7. The minimum absolute atomic E-state index is 0.0220. The zero-order valence-electron chi connectivity index (χ0n) is 12.4. The molecule has 1 amide bonds. The summed E-state index contributed by atoms with van der Waals surface area (Å²) in [7, 11) is 1.56. The fourth-order valence-electron chi connectivity index (χ4n) is 2.08. The van der Waals surface area contributed by atoms with Gasteiger partial charge in [0.15, 0.2) is 0 Å². The second-order valence-electron chi connectivity index (χ2n) is 5.16. The van der Waals surface area contributed by atoms with Crippen molar-refractivity contribution in [2.24, 2.45) is 0 Å². The maximum atomic E-state index is 12.1. The van der Waals surface area contributed by atoms with Gasteiger partial charge >= 0.3 is 0 Å². The van der Waals surface area contributed by atoms with Gasteiger partial charge in [0.2, 0.25) is 5.91 Å². The van der Waals surface area contributed by atoms with Crippen LogP contribution in [0.1, 0.15) is 24.7 Å². The van der Waals surface area contributed by atoms with Crippen LogP contribution < -0.4 is 5.32 Å². The molecule has 0 bridgehead atoms. The molecule has 0 aromatic carbocycles. The van der Waals surface area contributed by atoms with Crippen LogP contribution >= 0.6 is 11.6 Å². The maximum Gasteiger partial charge on any atom is 0.242 e. The van der Waals surface area contributed by atoms with Gasteiger partial charge in [-0.15, -0.1) is 0 Å². The van der Waals surface area contributed by atoms with Crippen molar-refractivity contribution in [2.45, 2.75) is 39.3 Å². The molecule has 2 N–H and O–H groups in total. The molecule has 0 aliphatic carbocycles. The highest BCUT2D eigenvalue weighted by molar-refractivity contribution is 6.31. The fourth-order valence-corrected chi connectivity index (χ4v) is 2.21. The minimum atomic E-state index is -0.597. The van der Waals surface area contributed by atoms with E-state index in [0.717, 1.165) is 5.69 Å². The zero-order valence-corrected chi connectivity index (χ0v) is 13.1. The number of hydrogen-bond acceptors (Lipinski definition) is 4. The molecular formula is C13H22ClN3O3. The lowest BCUT2D eigenvalue weighted by molar-refractivity contribution is -0.124. The number of aliphatic hydroxyl groups is 1. The van der Waals surface area contributed by atoms with Crippen molar-refractivity contribution in [1.82, 2.24) is 15.1 Å². The molecule has 7 heteroatoms. The number of amides is 1. The number of halogens is 1. The lowest BCUT2D eigenvalue weighted by Gasteiger charge is -2.29. The van der Waals surface area contributed by atoms with Crippen LogP contribution in [0, 0.1) is 13.8 Å². The molecule has 0 spiro atoms. The Morgan fingerprint density at radius 2 is 2.20 bits per heavy atom. The van der Waals surface area contributed by atoms with Crippen LogP contribution in [0.3, 0.4) is 0 Å². The SMILES string of the molecule is COCC(C)(CCO)NC(=O)Cn1nc(C)c(Cl)c1C. The van der Waals surface area contributed by atoms with Crippen LogP contribution in [-0.4, -0.2) is 46.7 Å². The molecule has 0 aliphatic rings. The molecule has 114 valence electrons. The number of nitrogens with one attached hydrogen (secondary N) is 1. The third kappa shape index (κ3) is 4.19. The second kappa shape index (κ2) is 7.06. The zero-order chi connectivity index (χ0) is 15.3. The monoisotopic (exact) mass is 303 g/mol. The number of ether oxygens (including phenoxy) is 1. The van der Waals surface area contributed by atoms with Gasteiger partial charge in [-0.05, 0) is 27.2 Å². The molecule has 0 aliphatic heterocycles. The fraction of sp³-hybridized carbons (Fsp3) is 0.692. The van der Waals surface area contributed by atoms with Crippen molar-refractivity contribution >= 4 is 17.5 Å². The molecule has 0 saturated heterocycles. The predicted octanol–water partition coefficient (Wildman–Crippen LogP) is 1.06. The van der Waals surface area contributed by atoms with Gasteiger partial charge in [0, 0.05) is 13.7 Å². The van der Waals surface area contributed by atoms with E-state index < -0.39 is 5.54 Å². The van der Waals surface area contributed by atoms with Crippen molar-refractivity contribution in [2.75, 3.05) is 20.3 Å². The second-order valence-corrected chi connectivity index (χ2v) is 5.54. The Balaban J connectivity index is 2.73. The Bertz CT molecular complexity index is 468. The van der Waals surface area contributed by atoms with E-state index in [2.05, 4.69) is 10.4 Å². The molecule has 6 nitrogen and oxygen atoms in total. The van der Waals surface area contributed by atoms with Crippen LogP contribution in [0.5, 0.6) is 0 Å². The van der Waals surface area contributed by atoms with Gasteiger partial charge in [0.05, 0.1) is 28.6 Å². The molecule has 0 saturated carbocycles. The van der Waals surface area contributed by atoms with E-state index in [9.17, 15) is 4.79 Å². The van der Waals surface area contributed by atoms with Gasteiger partial charge in [0.25, 0.3) is 0 Å². The Labute approximate surface area is 124 Å². The lowest BCUT2D eigenvalue weighted by atomic mass is 9.99. The number of carbonyl (C=O) groups is 1. The van der Waals surface area contributed by atoms with E-state index in [1.807, 2.05) is 13.8 Å². The minimum Gasteiger partial charge on any atom is -0.396 e. The van der Waals surface area contributed by atoms with E-state index in [4.69, 9.17) is 21.4 Å². The highest BCUT2D eigenvalue weighted by atomic mass is 35.5. The highest BCUT2D eigenvalue weighted by Gasteiger charge is 2.26. The van der Waals surface area contributed by atoms with Crippen molar-refractivity contribution in [1.29, 1.82) is 0 Å². The number of aliphatic hydroxyl groups excluding tert-OH is 1. The number of nitrogens with zero attached hydrogens (tertiary/aromatic N) is 2. The first-order valence-electron chi connectivity index (χ1n) is 6.43. The molecule has 1 aromatic rings. The molecule has 1 atom stereocenters. The molecule has 1 aromatic heterocycles.